The molecule has 1 fully saturated rings. The van der Waals surface area contributed by atoms with E-state index in [4.69, 9.17) is 0 Å². The SMILES string of the molecule is C[C@H]1CCCC(CCI)C1. The van der Waals surface area contributed by atoms with Gasteiger partial charge in [-0.3, -0.25) is 0 Å². The molecule has 0 aliphatic heterocycles. The smallest absolute Gasteiger partial charge is 0.000209 e. The minimum atomic E-state index is 1.02. The maximum atomic E-state index is 2.50. The van der Waals surface area contributed by atoms with Gasteiger partial charge in [0.05, 0.1) is 0 Å². The molecule has 0 nitrogen and oxygen atoms in total. The Hall–Kier alpha value is 0.730. The molecule has 0 aromatic carbocycles. The molecule has 60 valence electrons. The second kappa shape index (κ2) is 4.58. The number of alkyl halides is 1. The second-order valence-electron chi connectivity index (χ2n) is 3.62. The van der Waals surface area contributed by atoms with Crippen LogP contribution < -0.4 is 0 Å². The third-order valence-electron chi connectivity index (χ3n) is 2.56. The predicted octanol–water partition coefficient (Wildman–Crippen LogP) is 3.64. The first-order valence-electron chi connectivity index (χ1n) is 4.39. The van der Waals surface area contributed by atoms with E-state index in [-0.39, 0.29) is 0 Å². The van der Waals surface area contributed by atoms with Crippen molar-refractivity contribution in [1.29, 1.82) is 0 Å². The summed E-state index contributed by atoms with van der Waals surface area (Å²) in [4.78, 5) is 0. The van der Waals surface area contributed by atoms with Crippen LogP contribution in [0.1, 0.15) is 39.0 Å². The summed E-state index contributed by atoms with van der Waals surface area (Å²) in [6.07, 6.45) is 7.45. The highest BCUT2D eigenvalue weighted by atomic mass is 127. The van der Waals surface area contributed by atoms with E-state index in [0.29, 0.717) is 0 Å². The Bertz CT molecular complexity index is 88.7. The van der Waals surface area contributed by atoms with Gasteiger partial charge in [-0.25, -0.2) is 0 Å². The molecule has 1 aliphatic rings. The Labute approximate surface area is 77.9 Å². The number of hydrogen-bond donors (Lipinski definition) is 0. The normalized spacial score (nSPS) is 34.2. The van der Waals surface area contributed by atoms with Gasteiger partial charge >= 0.3 is 0 Å². The lowest BCUT2D eigenvalue weighted by Crippen LogP contribution is -2.13. The van der Waals surface area contributed by atoms with E-state index in [2.05, 4.69) is 29.5 Å². The van der Waals surface area contributed by atoms with Gasteiger partial charge in [0.25, 0.3) is 0 Å². The molecule has 0 N–H and O–H groups in total. The van der Waals surface area contributed by atoms with E-state index in [1.807, 2.05) is 0 Å². The van der Waals surface area contributed by atoms with Gasteiger partial charge in [0.2, 0.25) is 0 Å². The summed E-state index contributed by atoms with van der Waals surface area (Å²) in [5.41, 5.74) is 0. The lowest BCUT2D eigenvalue weighted by atomic mass is 9.81. The molecular weight excluding hydrogens is 235 g/mol. The molecule has 2 atom stereocenters. The van der Waals surface area contributed by atoms with Crippen molar-refractivity contribution in [2.75, 3.05) is 4.43 Å². The van der Waals surface area contributed by atoms with Gasteiger partial charge in [0.15, 0.2) is 0 Å². The summed E-state index contributed by atoms with van der Waals surface area (Å²) in [7, 11) is 0. The van der Waals surface area contributed by atoms with Crippen LogP contribution in [0.15, 0.2) is 0 Å². The fraction of sp³-hybridized carbons (Fsp3) is 1.00. The minimum Gasteiger partial charge on any atom is -0.0864 e. The Morgan fingerprint density at radius 3 is 2.80 bits per heavy atom. The highest BCUT2D eigenvalue weighted by Crippen LogP contribution is 2.30. The maximum absolute atomic E-state index is 2.50. The van der Waals surface area contributed by atoms with Crippen molar-refractivity contribution in [1.82, 2.24) is 0 Å². The van der Waals surface area contributed by atoms with Crippen molar-refractivity contribution < 1.29 is 0 Å². The number of hydrogen-bond acceptors (Lipinski definition) is 0. The van der Waals surface area contributed by atoms with Gasteiger partial charge in [-0.05, 0) is 29.1 Å². The van der Waals surface area contributed by atoms with Crippen LogP contribution in [0.5, 0.6) is 0 Å². The lowest BCUT2D eigenvalue weighted by Gasteiger charge is -2.25. The first-order valence-corrected chi connectivity index (χ1v) is 5.91. The van der Waals surface area contributed by atoms with E-state index < -0.39 is 0 Å². The molecule has 1 unspecified atom stereocenters. The topological polar surface area (TPSA) is 0 Å². The first-order chi connectivity index (χ1) is 4.83. The summed E-state index contributed by atoms with van der Waals surface area (Å²) in [6.45, 7) is 2.40. The molecule has 0 spiro atoms. The van der Waals surface area contributed by atoms with Crippen molar-refractivity contribution in [3.05, 3.63) is 0 Å². The van der Waals surface area contributed by atoms with E-state index in [1.165, 1.54) is 36.5 Å². The van der Waals surface area contributed by atoms with Crippen LogP contribution in [0.4, 0.5) is 0 Å². The summed E-state index contributed by atoms with van der Waals surface area (Å²) in [5, 5.41) is 0. The van der Waals surface area contributed by atoms with E-state index in [9.17, 15) is 0 Å². The van der Waals surface area contributed by atoms with Gasteiger partial charge in [-0.1, -0.05) is 48.8 Å². The molecule has 0 aromatic heterocycles. The van der Waals surface area contributed by atoms with Crippen molar-refractivity contribution in [2.24, 2.45) is 11.8 Å². The molecule has 0 saturated heterocycles. The van der Waals surface area contributed by atoms with Crippen LogP contribution in [0.2, 0.25) is 0 Å². The quantitative estimate of drug-likeness (QED) is 0.520. The van der Waals surface area contributed by atoms with Gasteiger partial charge < -0.3 is 0 Å². The van der Waals surface area contributed by atoms with Gasteiger partial charge in [0.1, 0.15) is 0 Å². The zero-order valence-electron chi connectivity index (χ0n) is 6.78. The number of rotatable bonds is 2. The van der Waals surface area contributed by atoms with Crippen LogP contribution in [0.25, 0.3) is 0 Å². The first kappa shape index (κ1) is 8.82. The Morgan fingerprint density at radius 2 is 2.20 bits per heavy atom. The van der Waals surface area contributed by atoms with Gasteiger partial charge in [-0.15, -0.1) is 0 Å². The molecule has 0 radical (unpaired) electrons. The van der Waals surface area contributed by atoms with Crippen molar-refractivity contribution in [3.63, 3.8) is 0 Å². The lowest BCUT2D eigenvalue weighted by molar-refractivity contribution is 0.279. The summed E-state index contributed by atoms with van der Waals surface area (Å²) < 4.78 is 1.36. The predicted molar refractivity (Wildman–Crippen MR) is 54.6 cm³/mol. The number of halogens is 1. The molecule has 0 aromatic rings. The van der Waals surface area contributed by atoms with Crippen LogP contribution in [0.3, 0.4) is 0 Å². The van der Waals surface area contributed by atoms with Crippen molar-refractivity contribution in [3.8, 4) is 0 Å². The van der Waals surface area contributed by atoms with Crippen molar-refractivity contribution >= 4 is 22.6 Å². The fourth-order valence-corrected chi connectivity index (χ4v) is 2.86. The van der Waals surface area contributed by atoms with Crippen LogP contribution >= 0.6 is 22.6 Å². The largest absolute Gasteiger partial charge is 0.0864 e. The third kappa shape index (κ3) is 2.77. The summed E-state index contributed by atoms with van der Waals surface area (Å²) in [5.74, 6) is 2.09. The van der Waals surface area contributed by atoms with Crippen LogP contribution in [-0.2, 0) is 0 Å². The molecule has 1 saturated carbocycles. The van der Waals surface area contributed by atoms with Gasteiger partial charge in [0, 0.05) is 0 Å². The molecule has 10 heavy (non-hydrogen) atoms. The second-order valence-corrected chi connectivity index (χ2v) is 4.69. The zero-order valence-corrected chi connectivity index (χ0v) is 8.93. The Balaban J connectivity index is 2.18. The van der Waals surface area contributed by atoms with E-state index in [1.54, 1.807) is 0 Å². The molecule has 0 heterocycles. The molecule has 1 heteroatoms. The molecule has 0 amide bonds. The summed E-state index contributed by atoms with van der Waals surface area (Å²) in [6, 6.07) is 0. The Morgan fingerprint density at radius 1 is 1.40 bits per heavy atom. The average molecular weight is 252 g/mol. The highest BCUT2D eigenvalue weighted by Gasteiger charge is 2.17. The maximum Gasteiger partial charge on any atom is -0.000209 e. The standard InChI is InChI=1S/C9H17I/c1-8-3-2-4-9(7-8)5-6-10/h8-9H,2-7H2,1H3/t8-,9?/m0/s1. The van der Waals surface area contributed by atoms with Crippen LogP contribution in [0, 0.1) is 11.8 Å². The molecular formula is C9H17I. The van der Waals surface area contributed by atoms with Crippen LogP contribution in [-0.4, -0.2) is 4.43 Å². The minimum absolute atomic E-state index is 1.02. The highest BCUT2D eigenvalue weighted by molar-refractivity contribution is 14.1. The average Bonchev–Trinajstić information content (AvgIpc) is 1.88. The third-order valence-corrected chi connectivity index (χ3v) is 3.19. The molecule has 1 rings (SSSR count). The zero-order chi connectivity index (χ0) is 7.40. The van der Waals surface area contributed by atoms with Crippen molar-refractivity contribution in [2.45, 2.75) is 39.0 Å². The van der Waals surface area contributed by atoms with E-state index in [0.717, 1.165) is 11.8 Å². The summed E-state index contributed by atoms with van der Waals surface area (Å²) >= 11 is 2.50. The Kier molecular flexibility index (Phi) is 4.04. The fourth-order valence-electron chi connectivity index (χ4n) is 1.98. The van der Waals surface area contributed by atoms with E-state index >= 15 is 0 Å². The molecule has 1 aliphatic carbocycles. The monoisotopic (exact) mass is 252 g/mol. The molecule has 0 bridgehead atoms. The van der Waals surface area contributed by atoms with Gasteiger partial charge in [-0.2, -0.15) is 0 Å².